The average molecular weight is 138 g/mol. The molecule has 0 heterocycles. The second kappa shape index (κ2) is 4.98. The van der Waals surface area contributed by atoms with Crippen molar-refractivity contribution in [2.75, 3.05) is 0 Å². The molecule has 0 aliphatic carbocycles. The quantitative estimate of drug-likeness (QED) is 0.431. The lowest BCUT2D eigenvalue weighted by atomic mass is 10.1. The van der Waals surface area contributed by atoms with Gasteiger partial charge >= 0.3 is 0 Å². The molecule has 10 heavy (non-hydrogen) atoms. The van der Waals surface area contributed by atoms with Crippen LogP contribution in [0.2, 0.25) is 0 Å². The van der Waals surface area contributed by atoms with Gasteiger partial charge in [-0.05, 0) is 32.8 Å². The van der Waals surface area contributed by atoms with Crippen LogP contribution >= 0.6 is 0 Å². The fraction of sp³-hybridized carbons (Fsp3) is 0.444. The van der Waals surface area contributed by atoms with Crippen molar-refractivity contribution in [2.45, 2.75) is 26.7 Å². The summed E-state index contributed by atoms with van der Waals surface area (Å²) in [7, 11) is 0. The number of rotatable bonds is 4. The number of carbonyl (C=O) groups excluding carboxylic acids is 1. The third-order valence-electron chi connectivity index (χ3n) is 1.19. The summed E-state index contributed by atoms with van der Waals surface area (Å²) < 4.78 is 0. The van der Waals surface area contributed by atoms with Gasteiger partial charge in [0.15, 0.2) is 5.78 Å². The SMILES string of the molecule is C=CCC/C(C)=C/C(C)=O. The molecule has 0 radical (unpaired) electrons. The highest BCUT2D eigenvalue weighted by Crippen LogP contribution is 2.03. The molecule has 0 N–H and O–H groups in total. The minimum atomic E-state index is 0.126. The molecular weight excluding hydrogens is 124 g/mol. The summed E-state index contributed by atoms with van der Waals surface area (Å²) in [6.07, 6.45) is 5.43. The van der Waals surface area contributed by atoms with Gasteiger partial charge in [-0.2, -0.15) is 0 Å². The number of hydrogen-bond donors (Lipinski definition) is 0. The van der Waals surface area contributed by atoms with Crippen LogP contribution in [0, 0.1) is 0 Å². The van der Waals surface area contributed by atoms with E-state index in [0.717, 1.165) is 18.4 Å². The molecule has 0 unspecified atom stereocenters. The van der Waals surface area contributed by atoms with Gasteiger partial charge in [0, 0.05) is 0 Å². The summed E-state index contributed by atoms with van der Waals surface area (Å²) in [5.74, 6) is 0.126. The van der Waals surface area contributed by atoms with Crippen LogP contribution in [-0.2, 0) is 4.79 Å². The third kappa shape index (κ3) is 5.29. The molecule has 0 aromatic heterocycles. The predicted molar refractivity (Wildman–Crippen MR) is 43.9 cm³/mol. The van der Waals surface area contributed by atoms with Crippen LogP contribution in [0.15, 0.2) is 24.3 Å². The van der Waals surface area contributed by atoms with E-state index in [9.17, 15) is 4.79 Å². The maximum atomic E-state index is 10.5. The fourth-order valence-corrected chi connectivity index (χ4v) is 0.749. The van der Waals surface area contributed by atoms with E-state index in [2.05, 4.69) is 6.58 Å². The number of carbonyl (C=O) groups is 1. The van der Waals surface area contributed by atoms with E-state index in [4.69, 9.17) is 0 Å². The second-order valence-electron chi connectivity index (χ2n) is 2.43. The van der Waals surface area contributed by atoms with Crippen LogP contribution in [0.25, 0.3) is 0 Å². The Morgan fingerprint density at radius 1 is 1.50 bits per heavy atom. The smallest absolute Gasteiger partial charge is 0.152 e. The molecule has 0 amide bonds. The maximum absolute atomic E-state index is 10.5. The molecule has 0 fully saturated rings. The monoisotopic (exact) mass is 138 g/mol. The van der Waals surface area contributed by atoms with Crippen molar-refractivity contribution >= 4 is 5.78 Å². The van der Waals surface area contributed by atoms with Gasteiger partial charge in [0.25, 0.3) is 0 Å². The largest absolute Gasteiger partial charge is 0.295 e. The minimum absolute atomic E-state index is 0.126. The first-order valence-electron chi connectivity index (χ1n) is 3.45. The fourth-order valence-electron chi connectivity index (χ4n) is 0.749. The summed E-state index contributed by atoms with van der Waals surface area (Å²) in [6, 6.07) is 0. The van der Waals surface area contributed by atoms with Gasteiger partial charge < -0.3 is 0 Å². The van der Waals surface area contributed by atoms with E-state index in [1.165, 1.54) is 0 Å². The van der Waals surface area contributed by atoms with Crippen molar-refractivity contribution in [3.63, 3.8) is 0 Å². The first-order chi connectivity index (χ1) is 4.66. The lowest BCUT2D eigenvalue weighted by molar-refractivity contribution is -0.112. The Morgan fingerprint density at radius 3 is 2.50 bits per heavy atom. The van der Waals surface area contributed by atoms with Crippen LogP contribution in [0.5, 0.6) is 0 Å². The lowest BCUT2D eigenvalue weighted by Gasteiger charge is -1.93. The molecule has 56 valence electrons. The van der Waals surface area contributed by atoms with Crippen LogP contribution in [0.4, 0.5) is 0 Å². The Bertz CT molecular complexity index is 154. The van der Waals surface area contributed by atoms with E-state index in [-0.39, 0.29) is 5.78 Å². The van der Waals surface area contributed by atoms with E-state index in [1.54, 1.807) is 13.0 Å². The van der Waals surface area contributed by atoms with Crippen molar-refractivity contribution in [2.24, 2.45) is 0 Å². The van der Waals surface area contributed by atoms with Crippen LogP contribution < -0.4 is 0 Å². The van der Waals surface area contributed by atoms with E-state index in [1.807, 2.05) is 13.0 Å². The first-order valence-corrected chi connectivity index (χ1v) is 3.45. The highest BCUT2D eigenvalue weighted by molar-refractivity contribution is 5.87. The predicted octanol–water partition coefficient (Wildman–Crippen LogP) is 2.49. The number of ketones is 1. The molecule has 0 aliphatic rings. The maximum Gasteiger partial charge on any atom is 0.152 e. The average Bonchev–Trinajstić information content (AvgIpc) is 1.82. The van der Waals surface area contributed by atoms with Gasteiger partial charge in [-0.15, -0.1) is 6.58 Å². The zero-order chi connectivity index (χ0) is 7.98. The number of allylic oxidation sites excluding steroid dienone is 3. The third-order valence-corrected chi connectivity index (χ3v) is 1.19. The number of hydrogen-bond acceptors (Lipinski definition) is 1. The van der Waals surface area contributed by atoms with Crippen LogP contribution in [0.1, 0.15) is 26.7 Å². The molecule has 0 saturated carbocycles. The standard InChI is InChI=1S/C9H14O/c1-4-5-6-8(2)7-9(3)10/h4,7H,1,5-6H2,2-3H3/b8-7+. The van der Waals surface area contributed by atoms with Crippen molar-refractivity contribution in [3.05, 3.63) is 24.3 Å². The summed E-state index contributed by atoms with van der Waals surface area (Å²) in [6.45, 7) is 7.13. The molecule has 0 atom stereocenters. The Labute approximate surface area is 62.4 Å². The second-order valence-corrected chi connectivity index (χ2v) is 2.43. The Morgan fingerprint density at radius 2 is 2.10 bits per heavy atom. The van der Waals surface area contributed by atoms with Crippen molar-refractivity contribution in [1.29, 1.82) is 0 Å². The Balaban J connectivity index is 3.70. The molecule has 0 aromatic carbocycles. The van der Waals surface area contributed by atoms with E-state index in [0.29, 0.717) is 0 Å². The normalized spacial score (nSPS) is 11.2. The highest BCUT2D eigenvalue weighted by Gasteiger charge is 1.89. The highest BCUT2D eigenvalue weighted by atomic mass is 16.1. The Hall–Kier alpha value is -0.850. The molecule has 0 rings (SSSR count). The zero-order valence-corrected chi connectivity index (χ0v) is 6.68. The van der Waals surface area contributed by atoms with Crippen LogP contribution in [0.3, 0.4) is 0 Å². The van der Waals surface area contributed by atoms with Gasteiger partial charge in [0.2, 0.25) is 0 Å². The molecule has 0 bridgehead atoms. The molecule has 1 heteroatoms. The summed E-state index contributed by atoms with van der Waals surface area (Å²) in [4.78, 5) is 10.5. The van der Waals surface area contributed by atoms with Gasteiger partial charge in [0.1, 0.15) is 0 Å². The van der Waals surface area contributed by atoms with E-state index >= 15 is 0 Å². The molecular formula is C9H14O. The topological polar surface area (TPSA) is 17.1 Å². The van der Waals surface area contributed by atoms with E-state index < -0.39 is 0 Å². The van der Waals surface area contributed by atoms with Crippen molar-refractivity contribution < 1.29 is 4.79 Å². The molecule has 0 aliphatic heterocycles. The summed E-state index contributed by atoms with van der Waals surface area (Å²) >= 11 is 0. The van der Waals surface area contributed by atoms with Crippen molar-refractivity contribution in [3.8, 4) is 0 Å². The summed E-state index contributed by atoms with van der Waals surface area (Å²) in [5.41, 5.74) is 1.13. The zero-order valence-electron chi connectivity index (χ0n) is 6.68. The lowest BCUT2D eigenvalue weighted by Crippen LogP contribution is -1.84. The van der Waals surface area contributed by atoms with Gasteiger partial charge in [0.05, 0.1) is 0 Å². The molecule has 1 nitrogen and oxygen atoms in total. The van der Waals surface area contributed by atoms with Gasteiger partial charge in [-0.25, -0.2) is 0 Å². The van der Waals surface area contributed by atoms with Crippen LogP contribution in [-0.4, -0.2) is 5.78 Å². The van der Waals surface area contributed by atoms with Gasteiger partial charge in [-0.3, -0.25) is 4.79 Å². The summed E-state index contributed by atoms with van der Waals surface area (Å²) in [5, 5.41) is 0. The molecule has 0 spiro atoms. The molecule has 0 saturated heterocycles. The minimum Gasteiger partial charge on any atom is -0.295 e. The first kappa shape index (κ1) is 9.15. The Kier molecular flexibility index (Phi) is 4.55. The van der Waals surface area contributed by atoms with Gasteiger partial charge in [-0.1, -0.05) is 11.6 Å². The van der Waals surface area contributed by atoms with Crippen molar-refractivity contribution in [1.82, 2.24) is 0 Å². The molecule has 0 aromatic rings.